The van der Waals surface area contributed by atoms with E-state index in [1.54, 1.807) is 0 Å². The molecular formula is C16H13F5N4O4S2. The molecule has 168 valence electrons. The Labute approximate surface area is 174 Å². The Bertz CT molecular complexity index is 1240. The molecule has 1 atom stereocenters. The summed E-state index contributed by atoms with van der Waals surface area (Å²) >= 11 is 0. The lowest BCUT2D eigenvalue weighted by Gasteiger charge is -2.10. The van der Waals surface area contributed by atoms with Crippen molar-refractivity contribution in [3.8, 4) is 17.1 Å². The second-order valence-corrected chi connectivity index (χ2v) is 9.62. The van der Waals surface area contributed by atoms with Crippen LogP contribution >= 0.6 is 0 Å². The molecule has 0 saturated heterocycles. The van der Waals surface area contributed by atoms with E-state index in [0.29, 0.717) is 0 Å². The molecule has 8 nitrogen and oxygen atoms in total. The highest BCUT2D eigenvalue weighted by molar-refractivity contribution is 7.91. The number of alkyl halides is 5. The molecule has 15 heteroatoms. The van der Waals surface area contributed by atoms with Crippen molar-refractivity contribution in [2.45, 2.75) is 28.8 Å². The van der Waals surface area contributed by atoms with Crippen LogP contribution < -0.4 is 4.74 Å². The first kappa shape index (κ1) is 23.0. The van der Waals surface area contributed by atoms with Crippen molar-refractivity contribution in [3.63, 3.8) is 0 Å². The van der Waals surface area contributed by atoms with E-state index in [9.17, 15) is 34.6 Å². The number of halogens is 5. The van der Waals surface area contributed by atoms with Gasteiger partial charge in [-0.15, -0.1) is 0 Å². The summed E-state index contributed by atoms with van der Waals surface area (Å²) in [5.41, 5.74) is -5.30. The van der Waals surface area contributed by atoms with E-state index in [0.717, 1.165) is 24.7 Å². The molecule has 3 heterocycles. The van der Waals surface area contributed by atoms with Crippen LogP contribution in [0.15, 0.2) is 40.8 Å². The van der Waals surface area contributed by atoms with Gasteiger partial charge in [-0.3, -0.25) is 4.40 Å². The van der Waals surface area contributed by atoms with Crippen LogP contribution in [0, 0.1) is 0 Å². The van der Waals surface area contributed by atoms with Crippen molar-refractivity contribution in [1.82, 2.24) is 19.4 Å². The summed E-state index contributed by atoms with van der Waals surface area (Å²) in [7, 11) is -7.28. The monoisotopic (exact) mass is 484 g/mol. The van der Waals surface area contributed by atoms with Crippen molar-refractivity contribution in [2.75, 3.05) is 12.4 Å². The van der Waals surface area contributed by atoms with E-state index in [4.69, 9.17) is 4.74 Å². The molecule has 0 aliphatic rings. The van der Waals surface area contributed by atoms with Gasteiger partial charge in [-0.25, -0.2) is 36.4 Å². The molecule has 3 aromatic rings. The van der Waals surface area contributed by atoms with Gasteiger partial charge in [-0.05, 0) is 0 Å². The van der Waals surface area contributed by atoms with Crippen LogP contribution in [0.2, 0.25) is 0 Å². The van der Waals surface area contributed by atoms with E-state index in [1.807, 2.05) is 0 Å². The van der Waals surface area contributed by atoms with Gasteiger partial charge in [-0.1, -0.05) is 6.92 Å². The molecule has 1 unspecified atom stereocenters. The average molecular weight is 484 g/mol. The number of rotatable bonds is 7. The molecule has 0 aliphatic heterocycles. The highest BCUT2D eigenvalue weighted by atomic mass is 32.2. The van der Waals surface area contributed by atoms with Gasteiger partial charge < -0.3 is 4.74 Å². The molecule has 0 spiro atoms. The van der Waals surface area contributed by atoms with Gasteiger partial charge in [0, 0.05) is 18.3 Å². The van der Waals surface area contributed by atoms with Crippen LogP contribution in [-0.2, 0) is 20.6 Å². The topological polar surface area (TPSA) is 104 Å². The van der Waals surface area contributed by atoms with Gasteiger partial charge in [0.1, 0.15) is 40.7 Å². The maximum absolute atomic E-state index is 12.7. The molecule has 0 N–H and O–H groups in total. The van der Waals surface area contributed by atoms with Gasteiger partial charge in [0.05, 0.1) is 16.8 Å². The second-order valence-electron chi connectivity index (χ2n) is 5.96. The molecule has 0 aromatic carbocycles. The van der Waals surface area contributed by atoms with Crippen molar-refractivity contribution in [1.29, 1.82) is 0 Å². The molecular weight excluding hydrogens is 471 g/mol. The minimum atomic E-state index is -5.02. The lowest BCUT2D eigenvalue weighted by atomic mass is 10.3. The molecule has 0 fully saturated rings. The molecule has 0 radical (unpaired) electrons. The Kier molecular flexibility index (Phi) is 6.27. The van der Waals surface area contributed by atoms with E-state index in [-0.39, 0.29) is 33.4 Å². The molecule has 0 saturated carbocycles. The second kappa shape index (κ2) is 8.45. The van der Waals surface area contributed by atoms with E-state index in [1.165, 1.54) is 17.5 Å². The van der Waals surface area contributed by atoms with Crippen molar-refractivity contribution < 1.29 is 39.3 Å². The lowest BCUT2D eigenvalue weighted by molar-refractivity contribution is -0.0386. The van der Waals surface area contributed by atoms with Crippen molar-refractivity contribution in [3.05, 3.63) is 30.9 Å². The fourth-order valence-electron chi connectivity index (χ4n) is 2.46. The number of imidazole rings is 1. The SMILES string of the molecule is CCS(=O)(=O)c1cc(OCC(F)F)cnc1-c1cn2cnc(S(=O)C(F)(F)F)cc2n1. The number of ether oxygens (including phenoxy) is 1. The summed E-state index contributed by atoms with van der Waals surface area (Å²) in [5.74, 6) is -0.548. The highest BCUT2D eigenvalue weighted by Crippen LogP contribution is 2.30. The number of sulfone groups is 1. The average Bonchev–Trinajstić information content (AvgIpc) is 3.13. The number of nitrogens with zero attached hydrogens (tertiary/aromatic N) is 4. The van der Waals surface area contributed by atoms with Crippen molar-refractivity contribution in [2.24, 2.45) is 0 Å². The first-order valence-electron chi connectivity index (χ1n) is 8.40. The zero-order chi connectivity index (χ0) is 23.0. The fourth-order valence-corrected chi connectivity index (χ4v) is 4.11. The standard InChI is InChI=1S/C16H13F5N4O4S2/c1-2-31(27,28)11-3-9(29-7-12(17)18)5-22-15(11)10-6-25-8-23-14(4-13(25)24-10)30(26)16(19,20)21/h3-6,8,12H,2,7H2,1H3. The normalized spacial score (nSPS) is 13.6. The van der Waals surface area contributed by atoms with E-state index in [2.05, 4.69) is 15.0 Å². The predicted octanol–water partition coefficient (Wildman–Crippen LogP) is 2.86. The largest absolute Gasteiger partial charge is 0.486 e. The van der Waals surface area contributed by atoms with Gasteiger partial charge >= 0.3 is 5.51 Å². The summed E-state index contributed by atoms with van der Waals surface area (Å²) < 4.78 is 105. The zero-order valence-corrected chi connectivity index (χ0v) is 17.1. The van der Waals surface area contributed by atoms with Crippen LogP contribution in [0.1, 0.15) is 6.92 Å². The van der Waals surface area contributed by atoms with Crippen LogP contribution in [-0.4, -0.2) is 56.3 Å². The molecule has 0 aliphatic carbocycles. The minimum absolute atomic E-state index is 0.0378. The highest BCUT2D eigenvalue weighted by Gasteiger charge is 2.39. The van der Waals surface area contributed by atoms with Crippen molar-refractivity contribution >= 4 is 26.3 Å². The van der Waals surface area contributed by atoms with E-state index < -0.39 is 44.2 Å². The van der Waals surface area contributed by atoms with Crippen LogP contribution in [0.25, 0.3) is 17.0 Å². The summed E-state index contributed by atoms with van der Waals surface area (Å²) in [6.07, 6.45) is 0.449. The Balaban J connectivity index is 2.09. The number of hydrogen-bond acceptors (Lipinski definition) is 7. The number of hydrogen-bond donors (Lipinski definition) is 0. The van der Waals surface area contributed by atoms with Gasteiger partial charge in [0.25, 0.3) is 6.43 Å². The third-order valence-electron chi connectivity index (χ3n) is 3.88. The van der Waals surface area contributed by atoms with Gasteiger partial charge in [0.15, 0.2) is 20.6 Å². The number of pyridine rings is 1. The Morgan fingerprint density at radius 1 is 1.23 bits per heavy atom. The first-order chi connectivity index (χ1) is 14.4. The fraction of sp³-hybridized carbons (Fsp3) is 0.312. The van der Waals surface area contributed by atoms with Crippen LogP contribution in [0.3, 0.4) is 0 Å². The Hall–Kier alpha value is -2.68. The van der Waals surface area contributed by atoms with Crippen LogP contribution in [0.5, 0.6) is 5.75 Å². The summed E-state index contributed by atoms with van der Waals surface area (Å²) in [6.45, 7) is 0.393. The smallest absolute Gasteiger partial charge is 0.477 e. The lowest BCUT2D eigenvalue weighted by Crippen LogP contribution is -2.17. The maximum atomic E-state index is 12.7. The minimum Gasteiger partial charge on any atom is -0.486 e. The number of aromatic nitrogens is 4. The predicted molar refractivity (Wildman–Crippen MR) is 97.9 cm³/mol. The van der Waals surface area contributed by atoms with Gasteiger partial charge in [0.2, 0.25) is 0 Å². The molecule has 3 rings (SSSR count). The zero-order valence-electron chi connectivity index (χ0n) is 15.5. The molecule has 3 aromatic heterocycles. The Morgan fingerprint density at radius 3 is 2.55 bits per heavy atom. The van der Waals surface area contributed by atoms with Crippen LogP contribution in [0.4, 0.5) is 22.0 Å². The quantitative estimate of drug-likeness (QED) is 0.375. The summed E-state index contributed by atoms with van der Waals surface area (Å²) in [5, 5.41) is -0.776. The molecule has 0 bridgehead atoms. The maximum Gasteiger partial charge on any atom is 0.477 e. The molecule has 0 amide bonds. The molecule has 31 heavy (non-hydrogen) atoms. The summed E-state index contributed by atoms with van der Waals surface area (Å²) in [6, 6.07) is 1.87. The summed E-state index contributed by atoms with van der Waals surface area (Å²) in [4.78, 5) is 11.1. The third kappa shape index (κ3) is 4.98. The first-order valence-corrected chi connectivity index (χ1v) is 11.2. The number of fused-ring (bicyclic) bond motifs is 1. The third-order valence-corrected chi connectivity index (χ3v) is 6.65. The van der Waals surface area contributed by atoms with E-state index >= 15 is 0 Å². The van der Waals surface area contributed by atoms with Gasteiger partial charge in [-0.2, -0.15) is 13.2 Å². The Morgan fingerprint density at radius 2 is 1.94 bits per heavy atom.